The number of carbonyl (C=O) groups is 1. The molecule has 0 aliphatic heterocycles. The first kappa shape index (κ1) is 13.0. The van der Waals surface area contributed by atoms with Crippen LogP contribution in [-0.4, -0.2) is 11.1 Å². The lowest BCUT2D eigenvalue weighted by atomic mass is 10.1. The molecule has 0 aromatic heterocycles. The van der Waals surface area contributed by atoms with Crippen molar-refractivity contribution in [3.8, 4) is 0 Å². The molecule has 98 valence electrons. The Balaban J connectivity index is 2.23. The molecule has 0 spiro atoms. The first-order chi connectivity index (χ1) is 9.08. The highest BCUT2D eigenvalue weighted by molar-refractivity contribution is 5.90. The summed E-state index contributed by atoms with van der Waals surface area (Å²) in [5, 5.41) is 12.2. The Morgan fingerprint density at radius 1 is 1.21 bits per heavy atom. The third-order valence-corrected chi connectivity index (χ3v) is 2.97. The summed E-state index contributed by atoms with van der Waals surface area (Å²) >= 11 is 0. The fraction of sp³-hybridized carbons (Fsp3) is 0.133. The summed E-state index contributed by atoms with van der Waals surface area (Å²) in [6.07, 6.45) is 0. The summed E-state index contributed by atoms with van der Waals surface area (Å²) < 4.78 is 0. The number of hydrogen-bond acceptors (Lipinski definition) is 3. The van der Waals surface area contributed by atoms with Crippen LogP contribution in [0.3, 0.4) is 0 Å². The Bertz CT molecular complexity index is 582. The third kappa shape index (κ3) is 3.04. The van der Waals surface area contributed by atoms with E-state index >= 15 is 0 Å². The largest absolute Gasteiger partial charge is 0.478 e. The van der Waals surface area contributed by atoms with Gasteiger partial charge in [-0.25, -0.2) is 4.79 Å². The van der Waals surface area contributed by atoms with Crippen LogP contribution < -0.4 is 11.1 Å². The van der Waals surface area contributed by atoms with Crippen molar-refractivity contribution in [2.45, 2.75) is 13.0 Å². The van der Waals surface area contributed by atoms with E-state index in [2.05, 4.69) is 5.32 Å². The second-order valence-electron chi connectivity index (χ2n) is 4.38. The quantitative estimate of drug-likeness (QED) is 0.734. The molecule has 4 heteroatoms. The van der Waals surface area contributed by atoms with E-state index in [-0.39, 0.29) is 11.6 Å². The van der Waals surface area contributed by atoms with Crippen molar-refractivity contribution in [1.29, 1.82) is 0 Å². The Morgan fingerprint density at radius 3 is 2.53 bits per heavy atom. The molecule has 2 aromatic carbocycles. The second-order valence-corrected chi connectivity index (χ2v) is 4.38. The number of nitrogens with one attached hydrogen (secondary N) is 1. The predicted octanol–water partition coefficient (Wildman–Crippen LogP) is 3.14. The zero-order chi connectivity index (χ0) is 13.8. The average Bonchev–Trinajstić information content (AvgIpc) is 2.42. The number of anilines is 2. The lowest BCUT2D eigenvalue weighted by Gasteiger charge is -2.17. The van der Waals surface area contributed by atoms with Gasteiger partial charge in [0.25, 0.3) is 0 Å². The van der Waals surface area contributed by atoms with Crippen molar-refractivity contribution in [2.75, 3.05) is 11.1 Å². The number of aromatic carboxylic acids is 1. The molecule has 0 bridgehead atoms. The molecule has 1 atom stereocenters. The van der Waals surface area contributed by atoms with Gasteiger partial charge < -0.3 is 16.2 Å². The molecule has 0 radical (unpaired) electrons. The molecule has 0 saturated carbocycles. The monoisotopic (exact) mass is 256 g/mol. The summed E-state index contributed by atoms with van der Waals surface area (Å²) in [7, 11) is 0. The number of nitrogens with two attached hydrogens (primary N) is 1. The van der Waals surface area contributed by atoms with Gasteiger partial charge in [0.2, 0.25) is 0 Å². The van der Waals surface area contributed by atoms with Gasteiger partial charge in [0, 0.05) is 6.04 Å². The summed E-state index contributed by atoms with van der Waals surface area (Å²) in [5.74, 6) is -0.963. The lowest BCUT2D eigenvalue weighted by molar-refractivity contribution is 0.0697. The Labute approximate surface area is 111 Å². The minimum Gasteiger partial charge on any atom is -0.478 e. The van der Waals surface area contributed by atoms with Crippen LogP contribution in [0.15, 0.2) is 48.5 Å². The van der Waals surface area contributed by atoms with Gasteiger partial charge >= 0.3 is 5.97 Å². The van der Waals surface area contributed by atoms with Gasteiger partial charge in [-0.2, -0.15) is 0 Å². The highest BCUT2D eigenvalue weighted by Gasteiger charge is 2.10. The van der Waals surface area contributed by atoms with E-state index < -0.39 is 5.97 Å². The van der Waals surface area contributed by atoms with Crippen LogP contribution >= 0.6 is 0 Å². The standard InChI is InChI=1S/C15H16N2O2/c1-10(11-5-3-2-4-6-11)17-14-9-12(15(18)19)7-8-13(14)16/h2-10,17H,16H2,1H3,(H,18,19). The Kier molecular flexibility index (Phi) is 3.71. The second kappa shape index (κ2) is 5.44. The van der Waals surface area contributed by atoms with E-state index in [0.29, 0.717) is 11.4 Å². The topological polar surface area (TPSA) is 75.3 Å². The number of carboxylic acid groups (broad SMARTS) is 1. The summed E-state index contributed by atoms with van der Waals surface area (Å²) in [4.78, 5) is 11.0. The molecule has 0 aliphatic rings. The number of carboxylic acids is 1. The molecule has 4 nitrogen and oxygen atoms in total. The molecular formula is C15H16N2O2. The van der Waals surface area contributed by atoms with Gasteiger partial charge in [-0.3, -0.25) is 0 Å². The van der Waals surface area contributed by atoms with Crippen LogP contribution in [0.1, 0.15) is 28.9 Å². The van der Waals surface area contributed by atoms with Gasteiger partial charge in [0.1, 0.15) is 0 Å². The first-order valence-electron chi connectivity index (χ1n) is 6.02. The molecule has 2 rings (SSSR count). The highest BCUT2D eigenvalue weighted by Crippen LogP contribution is 2.25. The molecule has 0 saturated heterocycles. The normalized spacial score (nSPS) is 11.8. The van der Waals surface area contributed by atoms with Gasteiger partial charge in [-0.05, 0) is 30.7 Å². The Hall–Kier alpha value is -2.49. The molecule has 0 aliphatic carbocycles. The van der Waals surface area contributed by atoms with Crippen LogP contribution in [0.2, 0.25) is 0 Å². The van der Waals surface area contributed by atoms with Crippen LogP contribution in [0.25, 0.3) is 0 Å². The van der Waals surface area contributed by atoms with E-state index in [9.17, 15) is 4.79 Å². The van der Waals surface area contributed by atoms with Crippen molar-refractivity contribution in [3.63, 3.8) is 0 Å². The van der Waals surface area contributed by atoms with Crippen molar-refractivity contribution in [3.05, 3.63) is 59.7 Å². The SMILES string of the molecule is CC(Nc1cc(C(=O)O)ccc1N)c1ccccc1. The van der Waals surface area contributed by atoms with E-state index in [1.807, 2.05) is 37.3 Å². The van der Waals surface area contributed by atoms with Crippen molar-refractivity contribution in [2.24, 2.45) is 0 Å². The van der Waals surface area contributed by atoms with Crippen molar-refractivity contribution < 1.29 is 9.90 Å². The van der Waals surface area contributed by atoms with Crippen LogP contribution in [0.4, 0.5) is 11.4 Å². The van der Waals surface area contributed by atoms with E-state index in [0.717, 1.165) is 5.56 Å². The van der Waals surface area contributed by atoms with Crippen LogP contribution in [0.5, 0.6) is 0 Å². The molecule has 0 amide bonds. The van der Waals surface area contributed by atoms with Crippen molar-refractivity contribution in [1.82, 2.24) is 0 Å². The summed E-state index contributed by atoms with van der Waals surface area (Å²) in [5.41, 5.74) is 8.36. The third-order valence-electron chi connectivity index (χ3n) is 2.97. The van der Waals surface area contributed by atoms with Gasteiger partial charge in [-0.15, -0.1) is 0 Å². The maximum Gasteiger partial charge on any atom is 0.335 e. The van der Waals surface area contributed by atoms with Crippen LogP contribution in [0, 0.1) is 0 Å². The molecule has 19 heavy (non-hydrogen) atoms. The highest BCUT2D eigenvalue weighted by atomic mass is 16.4. The van der Waals surface area contributed by atoms with E-state index in [1.165, 1.54) is 6.07 Å². The zero-order valence-corrected chi connectivity index (χ0v) is 10.6. The molecular weight excluding hydrogens is 240 g/mol. The Morgan fingerprint density at radius 2 is 1.89 bits per heavy atom. The number of nitrogen functional groups attached to an aromatic ring is 1. The van der Waals surface area contributed by atoms with Gasteiger partial charge in [0.15, 0.2) is 0 Å². The molecule has 1 unspecified atom stereocenters. The smallest absolute Gasteiger partial charge is 0.335 e. The minimum atomic E-state index is -0.963. The first-order valence-corrected chi connectivity index (χ1v) is 6.02. The molecule has 0 heterocycles. The number of benzene rings is 2. The predicted molar refractivity (Wildman–Crippen MR) is 76.3 cm³/mol. The van der Waals surface area contributed by atoms with Crippen LogP contribution in [-0.2, 0) is 0 Å². The maximum absolute atomic E-state index is 11.0. The minimum absolute atomic E-state index is 0.0487. The van der Waals surface area contributed by atoms with E-state index in [1.54, 1.807) is 12.1 Å². The zero-order valence-electron chi connectivity index (χ0n) is 10.6. The van der Waals surface area contributed by atoms with Gasteiger partial charge in [-0.1, -0.05) is 30.3 Å². The van der Waals surface area contributed by atoms with Gasteiger partial charge in [0.05, 0.1) is 16.9 Å². The fourth-order valence-electron chi connectivity index (χ4n) is 1.87. The fourth-order valence-corrected chi connectivity index (χ4v) is 1.87. The number of hydrogen-bond donors (Lipinski definition) is 3. The average molecular weight is 256 g/mol. The molecule has 0 fully saturated rings. The van der Waals surface area contributed by atoms with Crippen molar-refractivity contribution >= 4 is 17.3 Å². The molecule has 2 aromatic rings. The molecule has 4 N–H and O–H groups in total. The number of rotatable bonds is 4. The lowest BCUT2D eigenvalue weighted by Crippen LogP contribution is -2.09. The summed E-state index contributed by atoms with van der Waals surface area (Å²) in [6.45, 7) is 2.00. The summed E-state index contributed by atoms with van der Waals surface area (Å²) in [6, 6.07) is 14.6. The maximum atomic E-state index is 11.0. The van der Waals surface area contributed by atoms with E-state index in [4.69, 9.17) is 10.8 Å².